The molecular weight excluding hydrogens is 164 g/mol. The first-order valence-corrected chi connectivity index (χ1v) is 4.58. The van der Waals surface area contributed by atoms with Gasteiger partial charge in [0.15, 0.2) is 0 Å². The molecule has 70 valence electrons. The molecule has 0 aromatic carbocycles. The molecule has 13 heavy (non-hydrogen) atoms. The standard InChI is InChI=1S/C11H14O2/c1-9-4-3-5-10-11(2,8-9)13-7-6-12-10/h4-5,8,10H,6-7H2,1-2H3. The van der Waals surface area contributed by atoms with Crippen LogP contribution in [0.5, 0.6) is 0 Å². The van der Waals surface area contributed by atoms with Gasteiger partial charge in [-0.15, -0.1) is 5.73 Å². The Balaban J connectivity index is 2.36. The Labute approximate surface area is 78.5 Å². The predicted molar refractivity (Wildman–Crippen MR) is 50.5 cm³/mol. The zero-order valence-electron chi connectivity index (χ0n) is 8.04. The molecule has 1 aliphatic heterocycles. The SMILES string of the molecule is CC1=CC2(C)OCCOC2C=C=C1. The highest BCUT2D eigenvalue weighted by molar-refractivity contribution is 5.27. The van der Waals surface area contributed by atoms with Gasteiger partial charge in [-0.3, -0.25) is 0 Å². The van der Waals surface area contributed by atoms with Crippen molar-refractivity contribution in [3.05, 3.63) is 29.5 Å². The summed E-state index contributed by atoms with van der Waals surface area (Å²) in [5, 5.41) is 0. The minimum Gasteiger partial charge on any atom is -0.368 e. The van der Waals surface area contributed by atoms with Crippen molar-refractivity contribution in [3.8, 4) is 0 Å². The summed E-state index contributed by atoms with van der Waals surface area (Å²) in [7, 11) is 0. The van der Waals surface area contributed by atoms with Gasteiger partial charge in [-0.2, -0.15) is 0 Å². The molecule has 0 aromatic rings. The van der Waals surface area contributed by atoms with Crippen molar-refractivity contribution in [3.63, 3.8) is 0 Å². The maximum atomic E-state index is 5.73. The molecule has 0 saturated carbocycles. The van der Waals surface area contributed by atoms with Crippen molar-refractivity contribution in [2.24, 2.45) is 0 Å². The number of fused-ring (bicyclic) bond motifs is 1. The zero-order chi connectivity index (χ0) is 9.31. The average Bonchev–Trinajstić information content (AvgIpc) is 2.21. The van der Waals surface area contributed by atoms with Crippen LogP contribution in [-0.4, -0.2) is 24.9 Å². The minimum atomic E-state index is -0.303. The Morgan fingerprint density at radius 1 is 1.54 bits per heavy atom. The smallest absolute Gasteiger partial charge is 0.115 e. The third-order valence-electron chi connectivity index (χ3n) is 2.43. The summed E-state index contributed by atoms with van der Waals surface area (Å²) in [4.78, 5) is 0. The Morgan fingerprint density at radius 3 is 3.23 bits per heavy atom. The van der Waals surface area contributed by atoms with Crippen LogP contribution in [0.15, 0.2) is 29.5 Å². The second-order valence-corrected chi connectivity index (χ2v) is 3.69. The van der Waals surface area contributed by atoms with Gasteiger partial charge in [-0.25, -0.2) is 0 Å². The maximum Gasteiger partial charge on any atom is 0.115 e. The summed E-state index contributed by atoms with van der Waals surface area (Å²) < 4.78 is 11.3. The monoisotopic (exact) mass is 178 g/mol. The number of hydrogen-bond donors (Lipinski definition) is 0. The fourth-order valence-electron chi connectivity index (χ4n) is 1.78. The number of allylic oxidation sites excluding steroid dienone is 1. The first-order chi connectivity index (χ1) is 6.21. The highest BCUT2D eigenvalue weighted by Crippen LogP contribution is 2.28. The maximum absolute atomic E-state index is 5.73. The van der Waals surface area contributed by atoms with E-state index in [2.05, 4.69) is 18.7 Å². The molecule has 1 saturated heterocycles. The molecule has 0 radical (unpaired) electrons. The molecule has 2 nitrogen and oxygen atoms in total. The third-order valence-corrected chi connectivity index (χ3v) is 2.43. The molecule has 0 spiro atoms. The summed E-state index contributed by atoms with van der Waals surface area (Å²) in [6, 6.07) is 0. The molecule has 1 aliphatic carbocycles. The number of ether oxygens (including phenoxy) is 2. The lowest BCUT2D eigenvalue weighted by Gasteiger charge is -2.37. The lowest BCUT2D eigenvalue weighted by atomic mass is 9.96. The highest BCUT2D eigenvalue weighted by Gasteiger charge is 2.36. The van der Waals surface area contributed by atoms with Crippen LogP contribution in [0.2, 0.25) is 0 Å². The molecule has 1 fully saturated rings. The van der Waals surface area contributed by atoms with Crippen LogP contribution >= 0.6 is 0 Å². The van der Waals surface area contributed by atoms with Crippen LogP contribution < -0.4 is 0 Å². The molecule has 1 heterocycles. The van der Waals surface area contributed by atoms with E-state index in [1.165, 1.54) is 5.57 Å². The van der Waals surface area contributed by atoms with E-state index in [-0.39, 0.29) is 11.7 Å². The molecule has 0 bridgehead atoms. The van der Waals surface area contributed by atoms with E-state index in [9.17, 15) is 0 Å². The van der Waals surface area contributed by atoms with Crippen molar-refractivity contribution in [2.75, 3.05) is 13.2 Å². The van der Waals surface area contributed by atoms with Crippen molar-refractivity contribution in [2.45, 2.75) is 25.6 Å². The summed E-state index contributed by atoms with van der Waals surface area (Å²) >= 11 is 0. The van der Waals surface area contributed by atoms with Crippen molar-refractivity contribution in [1.29, 1.82) is 0 Å². The lowest BCUT2D eigenvalue weighted by molar-refractivity contribution is -0.153. The summed E-state index contributed by atoms with van der Waals surface area (Å²) in [5.74, 6) is 0. The Hall–Kier alpha value is -0.820. The van der Waals surface area contributed by atoms with Gasteiger partial charge in [-0.1, -0.05) is 0 Å². The van der Waals surface area contributed by atoms with Gasteiger partial charge >= 0.3 is 0 Å². The zero-order valence-corrected chi connectivity index (χ0v) is 8.04. The fourth-order valence-corrected chi connectivity index (χ4v) is 1.78. The van der Waals surface area contributed by atoms with Gasteiger partial charge in [0, 0.05) is 0 Å². The molecular formula is C11H14O2. The summed E-state index contributed by atoms with van der Waals surface area (Å²) in [5.41, 5.74) is 3.97. The average molecular weight is 178 g/mol. The van der Waals surface area contributed by atoms with E-state index in [1.54, 1.807) is 0 Å². The Bertz CT molecular complexity index is 297. The normalized spacial score (nSPS) is 38.0. The fraction of sp³-hybridized carbons (Fsp3) is 0.545. The lowest BCUT2D eigenvalue weighted by Crippen LogP contribution is -2.46. The second-order valence-electron chi connectivity index (χ2n) is 3.69. The van der Waals surface area contributed by atoms with Gasteiger partial charge in [0.05, 0.1) is 13.2 Å². The number of rotatable bonds is 0. The predicted octanol–water partition coefficient (Wildman–Crippen LogP) is 1.83. The molecule has 0 aromatic heterocycles. The summed E-state index contributed by atoms with van der Waals surface area (Å²) in [6.07, 6.45) is 6.01. The van der Waals surface area contributed by atoms with Gasteiger partial charge in [-0.05, 0) is 37.6 Å². The van der Waals surface area contributed by atoms with Gasteiger partial charge in [0.2, 0.25) is 0 Å². The van der Waals surface area contributed by atoms with Crippen LogP contribution in [0.25, 0.3) is 0 Å². The first-order valence-electron chi connectivity index (χ1n) is 4.58. The quantitative estimate of drug-likeness (QED) is 0.527. The second kappa shape index (κ2) is 3.15. The molecule has 0 amide bonds. The van der Waals surface area contributed by atoms with Gasteiger partial charge in [0.25, 0.3) is 0 Å². The molecule has 2 heteroatoms. The Morgan fingerprint density at radius 2 is 2.38 bits per heavy atom. The van der Waals surface area contributed by atoms with E-state index in [4.69, 9.17) is 9.47 Å². The van der Waals surface area contributed by atoms with Gasteiger partial charge < -0.3 is 9.47 Å². The minimum absolute atomic E-state index is 0.00921. The molecule has 2 aliphatic rings. The number of hydrogen-bond acceptors (Lipinski definition) is 2. The van der Waals surface area contributed by atoms with Crippen LogP contribution in [0, 0.1) is 0 Å². The molecule has 2 rings (SSSR count). The van der Waals surface area contributed by atoms with E-state index in [1.807, 2.05) is 19.1 Å². The van der Waals surface area contributed by atoms with E-state index < -0.39 is 0 Å². The third kappa shape index (κ3) is 1.61. The molecule has 0 N–H and O–H groups in total. The van der Waals surface area contributed by atoms with Crippen molar-refractivity contribution in [1.82, 2.24) is 0 Å². The van der Waals surface area contributed by atoms with Crippen LogP contribution in [-0.2, 0) is 9.47 Å². The molecule has 2 unspecified atom stereocenters. The largest absolute Gasteiger partial charge is 0.368 e. The summed E-state index contributed by atoms with van der Waals surface area (Å²) in [6.45, 7) is 5.44. The highest BCUT2D eigenvalue weighted by atomic mass is 16.6. The topological polar surface area (TPSA) is 18.5 Å². The van der Waals surface area contributed by atoms with Crippen molar-refractivity contribution < 1.29 is 9.47 Å². The van der Waals surface area contributed by atoms with Gasteiger partial charge in [0.1, 0.15) is 11.7 Å². The van der Waals surface area contributed by atoms with E-state index in [0.29, 0.717) is 13.2 Å². The van der Waals surface area contributed by atoms with Crippen molar-refractivity contribution >= 4 is 0 Å². The van der Waals surface area contributed by atoms with Crippen LogP contribution in [0.3, 0.4) is 0 Å². The van der Waals surface area contributed by atoms with E-state index in [0.717, 1.165) is 0 Å². The first kappa shape index (κ1) is 8.76. The van der Waals surface area contributed by atoms with Crippen LogP contribution in [0.4, 0.5) is 0 Å². The Kier molecular flexibility index (Phi) is 2.12. The molecule has 2 atom stereocenters. The van der Waals surface area contributed by atoms with Crippen LogP contribution in [0.1, 0.15) is 13.8 Å². The van der Waals surface area contributed by atoms with E-state index >= 15 is 0 Å².